The molecule has 0 fully saturated rings. The highest BCUT2D eigenvalue weighted by molar-refractivity contribution is 7.98. The molecule has 1 aromatic heterocycles. The number of imidazole rings is 1. The van der Waals surface area contributed by atoms with Crippen molar-refractivity contribution in [3.63, 3.8) is 0 Å². The Hall–Kier alpha value is -2.81. The number of carbonyl (C=O) groups is 2. The lowest BCUT2D eigenvalue weighted by Crippen LogP contribution is -2.55. The molecule has 0 bridgehead atoms. The van der Waals surface area contributed by atoms with Crippen molar-refractivity contribution in [2.45, 2.75) is 24.9 Å². The van der Waals surface area contributed by atoms with Crippen molar-refractivity contribution < 1.29 is 14.7 Å². The van der Waals surface area contributed by atoms with Crippen LogP contribution in [-0.2, 0) is 4.79 Å². The first-order valence-electron chi connectivity index (χ1n) is 9.87. The zero-order valence-electron chi connectivity index (χ0n) is 17.9. The summed E-state index contributed by atoms with van der Waals surface area (Å²) in [5.74, 6) is -1.42. The molecule has 2 aromatic carbocycles. The van der Waals surface area contributed by atoms with Crippen LogP contribution in [0.4, 0.5) is 5.69 Å². The molecule has 7 nitrogen and oxygen atoms in total. The second kappa shape index (κ2) is 11.2. The smallest absolute Gasteiger partial charge is 0.331 e. The SMILES string of the molecule is CSCCC(N)(C(=O)O)C(=O)c1ccccc1-c1ccc(NC(C)c2cnc[nH]2)cc1.Cl. The van der Waals surface area contributed by atoms with Crippen molar-refractivity contribution >= 4 is 41.6 Å². The molecule has 170 valence electrons. The van der Waals surface area contributed by atoms with Crippen LogP contribution in [0.15, 0.2) is 61.1 Å². The Kier molecular flexibility index (Phi) is 8.89. The Morgan fingerprint density at radius 3 is 2.50 bits per heavy atom. The van der Waals surface area contributed by atoms with Gasteiger partial charge in [-0.3, -0.25) is 4.79 Å². The zero-order chi connectivity index (χ0) is 22.4. The van der Waals surface area contributed by atoms with E-state index >= 15 is 0 Å². The summed E-state index contributed by atoms with van der Waals surface area (Å²) in [5.41, 5.74) is 7.78. The van der Waals surface area contributed by atoms with Gasteiger partial charge >= 0.3 is 5.97 Å². The summed E-state index contributed by atoms with van der Waals surface area (Å²) in [5, 5.41) is 13.1. The zero-order valence-corrected chi connectivity index (χ0v) is 19.5. The van der Waals surface area contributed by atoms with Crippen LogP contribution in [0.5, 0.6) is 0 Å². The number of hydrogen-bond donors (Lipinski definition) is 4. The number of carboxylic acids is 1. The number of aliphatic carboxylic acids is 1. The summed E-state index contributed by atoms with van der Waals surface area (Å²) in [6.07, 6.45) is 5.32. The molecule has 0 saturated heterocycles. The van der Waals surface area contributed by atoms with E-state index in [-0.39, 0.29) is 24.9 Å². The highest BCUT2D eigenvalue weighted by Gasteiger charge is 2.42. The Morgan fingerprint density at radius 2 is 1.91 bits per heavy atom. The second-order valence-corrected chi connectivity index (χ2v) is 8.33. The quantitative estimate of drug-likeness (QED) is 0.254. The molecule has 0 radical (unpaired) electrons. The van der Waals surface area contributed by atoms with E-state index in [9.17, 15) is 14.7 Å². The van der Waals surface area contributed by atoms with Crippen LogP contribution < -0.4 is 11.1 Å². The fourth-order valence-electron chi connectivity index (χ4n) is 3.33. The number of benzene rings is 2. The minimum Gasteiger partial charge on any atom is -0.480 e. The van der Waals surface area contributed by atoms with E-state index in [4.69, 9.17) is 5.73 Å². The van der Waals surface area contributed by atoms with E-state index in [2.05, 4.69) is 15.3 Å². The number of aromatic amines is 1. The number of anilines is 1. The van der Waals surface area contributed by atoms with E-state index in [1.165, 1.54) is 11.8 Å². The molecule has 9 heteroatoms. The van der Waals surface area contributed by atoms with Gasteiger partial charge in [0.25, 0.3) is 0 Å². The molecule has 3 rings (SSSR count). The lowest BCUT2D eigenvalue weighted by atomic mass is 9.84. The summed E-state index contributed by atoms with van der Waals surface area (Å²) < 4.78 is 0. The summed E-state index contributed by atoms with van der Waals surface area (Å²) in [7, 11) is 0. The standard InChI is InChI=1S/C23H26N4O3S.ClH/c1-15(20-13-25-14-26-20)27-17-9-7-16(8-10-17)18-5-3-4-6-19(18)21(28)23(24,22(29)30)11-12-31-2;/h3-10,13-15,27H,11-12,24H2,1-2H3,(H,25,26)(H,29,30);1H. The van der Waals surface area contributed by atoms with Gasteiger partial charge < -0.3 is 21.1 Å². The number of H-pyrrole nitrogens is 1. The molecule has 2 atom stereocenters. The highest BCUT2D eigenvalue weighted by atomic mass is 35.5. The van der Waals surface area contributed by atoms with E-state index < -0.39 is 17.3 Å². The molecule has 0 aliphatic rings. The first-order valence-corrected chi connectivity index (χ1v) is 11.3. The van der Waals surface area contributed by atoms with E-state index in [1.54, 1.807) is 30.7 Å². The number of Topliss-reactive ketones (excluding diaryl/α,β-unsaturated/α-hetero) is 1. The number of halogens is 1. The van der Waals surface area contributed by atoms with Gasteiger partial charge in [-0.15, -0.1) is 12.4 Å². The lowest BCUT2D eigenvalue weighted by Gasteiger charge is -2.24. The number of nitrogens with zero attached hydrogens (tertiary/aromatic N) is 1. The molecular formula is C23H27ClN4O3S. The van der Waals surface area contributed by atoms with Crippen molar-refractivity contribution in [2.75, 3.05) is 17.3 Å². The molecule has 0 spiro atoms. The number of rotatable bonds is 10. The topological polar surface area (TPSA) is 121 Å². The highest BCUT2D eigenvalue weighted by Crippen LogP contribution is 2.29. The molecule has 5 N–H and O–H groups in total. The molecule has 0 saturated carbocycles. The van der Waals surface area contributed by atoms with Crippen molar-refractivity contribution in [2.24, 2.45) is 5.73 Å². The molecule has 2 unspecified atom stereocenters. The summed E-state index contributed by atoms with van der Waals surface area (Å²) in [6.45, 7) is 2.02. The number of ketones is 1. The van der Waals surface area contributed by atoms with Gasteiger partial charge in [-0.25, -0.2) is 9.78 Å². The van der Waals surface area contributed by atoms with E-state index in [1.807, 2.05) is 43.5 Å². The number of thioether (sulfide) groups is 1. The first kappa shape index (κ1) is 25.5. The summed E-state index contributed by atoms with van der Waals surface area (Å²) >= 11 is 1.46. The van der Waals surface area contributed by atoms with Crippen LogP contribution in [0.1, 0.15) is 35.4 Å². The number of carbonyl (C=O) groups excluding carboxylic acids is 1. The van der Waals surface area contributed by atoms with Gasteiger partial charge in [0, 0.05) is 17.4 Å². The maximum Gasteiger partial charge on any atom is 0.331 e. The van der Waals surface area contributed by atoms with Crippen molar-refractivity contribution in [3.05, 3.63) is 72.3 Å². The maximum atomic E-state index is 13.2. The van der Waals surface area contributed by atoms with Gasteiger partial charge in [0.05, 0.1) is 18.1 Å². The minimum absolute atomic E-state index is 0. The average Bonchev–Trinajstić information content (AvgIpc) is 3.32. The fraction of sp³-hybridized carbons (Fsp3) is 0.261. The monoisotopic (exact) mass is 474 g/mol. The molecule has 0 aliphatic heterocycles. The Balaban J connectivity index is 0.00000363. The van der Waals surface area contributed by atoms with Crippen LogP contribution >= 0.6 is 24.2 Å². The third kappa shape index (κ3) is 5.51. The lowest BCUT2D eigenvalue weighted by molar-refractivity contribution is -0.141. The number of carboxylic acid groups (broad SMARTS) is 1. The van der Waals surface area contributed by atoms with Crippen LogP contribution in [0.25, 0.3) is 11.1 Å². The number of hydrogen-bond acceptors (Lipinski definition) is 6. The van der Waals surface area contributed by atoms with Crippen LogP contribution in [0.2, 0.25) is 0 Å². The van der Waals surface area contributed by atoms with Crippen molar-refractivity contribution in [1.29, 1.82) is 0 Å². The van der Waals surface area contributed by atoms with Gasteiger partial charge in [0.2, 0.25) is 0 Å². The maximum absolute atomic E-state index is 13.2. The Bertz CT molecular complexity index is 1040. The Morgan fingerprint density at radius 1 is 1.22 bits per heavy atom. The predicted molar refractivity (Wildman–Crippen MR) is 132 cm³/mol. The van der Waals surface area contributed by atoms with Gasteiger partial charge in [0.15, 0.2) is 11.3 Å². The van der Waals surface area contributed by atoms with Gasteiger partial charge in [-0.2, -0.15) is 11.8 Å². The third-order valence-corrected chi connectivity index (χ3v) is 5.84. The molecular weight excluding hydrogens is 448 g/mol. The summed E-state index contributed by atoms with van der Waals surface area (Å²) in [4.78, 5) is 32.2. The van der Waals surface area contributed by atoms with Gasteiger partial charge in [0.1, 0.15) is 0 Å². The molecule has 0 amide bonds. The summed E-state index contributed by atoms with van der Waals surface area (Å²) in [6, 6.07) is 14.7. The number of aromatic nitrogens is 2. The average molecular weight is 475 g/mol. The van der Waals surface area contributed by atoms with Crippen molar-refractivity contribution in [1.82, 2.24) is 9.97 Å². The molecule has 1 heterocycles. The largest absolute Gasteiger partial charge is 0.480 e. The second-order valence-electron chi connectivity index (χ2n) is 7.34. The normalized spacial score (nSPS) is 13.5. The molecule has 32 heavy (non-hydrogen) atoms. The van der Waals surface area contributed by atoms with Crippen molar-refractivity contribution in [3.8, 4) is 11.1 Å². The number of nitrogens with two attached hydrogens (primary N) is 1. The first-order chi connectivity index (χ1) is 14.9. The fourth-order valence-corrected chi connectivity index (χ4v) is 3.86. The van der Waals surface area contributed by atoms with Crippen LogP contribution in [0.3, 0.4) is 0 Å². The van der Waals surface area contributed by atoms with Crippen LogP contribution in [-0.4, -0.2) is 44.4 Å². The van der Waals surface area contributed by atoms with E-state index in [0.717, 1.165) is 16.9 Å². The minimum atomic E-state index is -1.96. The van der Waals surface area contributed by atoms with Crippen LogP contribution in [0, 0.1) is 0 Å². The third-order valence-electron chi connectivity index (χ3n) is 5.22. The molecule has 0 aliphatic carbocycles. The van der Waals surface area contributed by atoms with E-state index in [0.29, 0.717) is 16.9 Å². The van der Waals surface area contributed by atoms with Gasteiger partial charge in [-0.1, -0.05) is 36.4 Å². The number of nitrogens with one attached hydrogen (secondary N) is 2. The molecule has 3 aromatic rings. The Labute approximate surface area is 197 Å². The van der Waals surface area contributed by atoms with Gasteiger partial charge in [-0.05, 0) is 48.6 Å². The predicted octanol–water partition coefficient (Wildman–Crippen LogP) is 4.39.